The Hall–Kier alpha value is -2.29. The van der Waals surface area contributed by atoms with Crippen LogP contribution in [-0.4, -0.2) is 38.6 Å². The summed E-state index contributed by atoms with van der Waals surface area (Å²) in [5.41, 5.74) is 3.90. The van der Waals surface area contributed by atoms with Crippen LogP contribution in [0, 0.1) is 6.92 Å². The number of benzene rings is 1. The molecule has 0 saturated heterocycles. The number of carbonyl (C=O) groups excluding carboxylic acids is 1. The van der Waals surface area contributed by atoms with Gasteiger partial charge in [0.25, 0.3) is 11.9 Å². The van der Waals surface area contributed by atoms with Crippen molar-refractivity contribution in [1.82, 2.24) is 25.6 Å². The van der Waals surface area contributed by atoms with Crippen LogP contribution in [0.3, 0.4) is 0 Å². The SMILES string of the molecule is CNc1ccc(-c2cc(C)cc(C(=O)Nc3nn[nH]n3)n2)cc1.[H-].[Na+]. The summed E-state index contributed by atoms with van der Waals surface area (Å²) in [7, 11) is 1.86. The summed E-state index contributed by atoms with van der Waals surface area (Å²) < 4.78 is 0. The summed E-state index contributed by atoms with van der Waals surface area (Å²) >= 11 is 0. The van der Waals surface area contributed by atoms with Crippen LogP contribution in [0.2, 0.25) is 0 Å². The van der Waals surface area contributed by atoms with Gasteiger partial charge < -0.3 is 6.74 Å². The van der Waals surface area contributed by atoms with E-state index in [0.717, 1.165) is 22.5 Å². The molecule has 24 heavy (non-hydrogen) atoms. The summed E-state index contributed by atoms with van der Waals surface area (Å²) in [4.78, 5) is 16.7. The summed E-state index contributed by atoms with van der Waals surface area (Å²) in [6.07, 6.45) is 0. The second-order valence-electron chi connectivity index (χ2n) is 4.93. The van der Waals surface area contributed by atoms with Crippen LogP contribution in [0.4, 0.5) is 11.6 Å². The van der Waals surface area contributed by atoms with Crippen LogP contribution in [0.5, 0.6) is 0 Å². The van der Waals surface area contributed by atoms with E-state index in [4.69, 9.17) is 0 Å². The molecule has 1 aromatic carbocycles. The number of aromatic amines is 1. The molecule has 3 aromatic rings. The number of nitrogens with zero attached hydrogens (tertiary/aromatic N) is 4. The van der Waals surface area contributed by atoms with Crippen molar-refractivity contribution < 1.29 is 35.8 Å². The first-order valence-corrected chi connectivity index (χ1v) is 6.97. The first-order valence-electron chi connectivity index (χ1n) is 6.97. The first-order chi connectivity index (χ1) is 11.2. The molecule has 2 aromatic heterocycles. The Labute approximate surface area is 162 Å². The maximum absolute atomic E-state index is 12.2. The summed E-state index contributed by atoms with van der Waals surface area (Å²) in [5.74, 6) is -0.276. The van der Waals surface area contributed by atoms with E-state index in [0.29, 0.717) is 5.69 Å². The van der Waals surface area contributed by atoms with E-state index in [9.17, 15) is 4.79 Å². The second-order valence-corrected chi connectivity index (χ2v) is 4.93. The van der Waals surface area contributed by atoms with Gasteiger partial charge in [0.2, 0.25) is 0 Å². The Morgan fingerprint density at radius 2 is 1.96 bits per heavy atom. The number of aryl methyl sites for hydroxylation is 1. The van der Waals surface area contributed by atoms with Crippen LogP contribution >= 0.6 is 0 Å². The molecule has 0 aliphatic carbocycles. The van der Waals surface area contributed by atoms with Gasteiger partial charge in [-0.05, 0) is 42.0 Å². The van der Waals surface area contributed by atoms with Crippen LogP contribution in [0.25, 0.3) is 11.3 Å². The van der Waals surface area contributed by atoms with Crippen molar-refractivity contribution >= 4 is 17.5 Å². The third-order valence-corrected chi connectivity index (χ3v) is 3.24. The molecule has 2 heterocycles. The molecule has 0 fully saturated rings. The monoisotopic (exact) mass is 333 g/mol. The van der Waals surface area contributed by atoms with E-state index in [1.807, 2.05) is 44.3 Å². The predicted octanol–water partition coefficient (Wildman–Crippen LogP) is -1.02. The van der Waals surface area contributed by atoms with Gasteiger partial charge >= 0.3 is 29.6 Å². The van der Waals surface area contributed by atoms with E-state index in [2.05, 4.69) is 36.2 Å². The topological polar surface area (TPSA) is 108 Å². The Kier molecular flexibility index (Phi) is 6.02. The number of rotatable bonds is 4. The van der Waals surface area contributed by atoms with Gasteiger partial charge in [0, 0.05) is 18.3 Å². The number of H-pyrrole nitrogens is 1. The van der Waals surface area contributed by atoms with E-state index in [-0.39, 0.29) is 42.8 Å². The van der Waals surface area contributed by atoms with Crippen molar-refractivity contribution in [2.45, 2.75) is 6.92 Å². The number of nitrogens with one attached hydrogen (secondary N) is 3. The van der Waals surface area contributed by atoms with Gasteiger partial charge in [0.1, 0.15) is 5.69 Å². The molecular formula is C15H16N7NaO. The fraction of sp³-hybridized carbons (Fsp3) is 0.133. The van der Waals surface area contributed by atoms with E-state index >= 15 is 0 Å². The van der Waals surface area contributed by atoms with Crippen molar-refractivity contribution in [3.05, 3.63) is 47.7 Å². The van der Waals surface area contributed by atoms with Crippen molar-refractivity contribution in [3.63, 3.8) is 0 Å². The van der Waals surface area contributed by atoms with Crippen molar-refractivity contribution in [1.29, 1.82) is 0 Å². The average Bonchev–Trinajstić information content (AvgIpc) is 3.07. The number of anilines is 2. The fourth-order valence-corrected chi connectivity index (χ4v) is 2.12. The van der Waals surface area contributed by atoms with Crippen molar-refractivity contribution in [2.75, 3.05) is 17.7 Å². The Bertz CT molecular complexity index is 824. The van der Waals surface area contributed by atoms with Crippen molar-refractivity contribution in [3.8, 4) is 11.3 Å². The fourth-order valence-electron chi connectivity index (χ4n) is 2.12. The minimum Gasteiger partial charge on any atom is -1.00 e. The minimum absolute atomic E-state index is 0. The summed E-state index contributed by atoms with van der Waals surface area (Å²) in [6.45, 7) is 1.91. The first kappa shape index (κ1) is 18.1. The van der Waals surface area contributed by atoms with E-state index < -0.39 is 0 Å². The van der Waals surface area contributed by atoms with Gasteiger partial charge in [-0.25, -0.2) is 4.98 Å². The largest absolute Gasteiger partial charge is 1.00 e. The van der Waals surface area contributed by atoms with Gasteiger partial charge in [-0.2, -0.15) is 5.21 Å². The van der Waals surface area contributed by atoms with Gasteiger partial charge in [-0.3, -0.25) is 10.1 Å². The van der Waals surface area contributed by atoms with Gasteiger partial charge in [-0.1, -0.05) is 17.2 Å². The number of carbonyl (C=O) groups is 1. The molecule has 8 nitrogen and oxygen atoms in total. The second kappa shape index (κ2) is 8.00. The summed E-state index contributed by atoms with van der Waals surface area (Å²) in [5, 5.41) is 18.6. The molecule has 3 rings (SSSR count). The van der Waals surface area contributed by atoms with Crippen LogP contribution < -0.4 is 40.2 Å². The van der Waals surface area contributed by atoms with E-state index in [1.165, 1.54) is 0 Å². The maximum Gasteiger partial charge on any atom is 1.00 e. The van der Waals surface area contributed by atoms with E-state index in [1.54, 1.807) is 6.07 Å². The molecule has 0 spiro atoms. The van der Waals surface area contributed by atoms with Crippen LogP contribution in [0.15, 0.2) is 36.4 Å². The number of tetrazole rings is 1. The Morgan fingerprint density at radius 1 is 1.21 bits per heavy atom. The number of aromatic nitrogens is 5. The van der Waals surface area contributed by atoms with Gasteiger partial charge in [0.15, 0.2) is 0 Å². The molecule has 0 atom stereocenters. The quantitative estimate of drug-likeness (QED) is 0.528. The Balaban J connectivity index is 0.00000156. The zero-order valence-corrected chi connectivity index (χ0v) is 15.7. The zero-order chi connectivity index (χ0) is 16.2. The van der Waals surface area contributed by atoms with Gasteiger partial charge in [0.05, 0.1) is 5.69 Å². The van der Waals surface area contributed by atoms with Crippen molar-refractivity contribution in [2.24, 2.45) is 0 Å². The molecule has 0 bridgehead atoms. The smallest absolute Gasteiger partial charge is 1.00 e. The minimum atomic E-state index is -0.386. The molecule has 118 valence electrons. The number of pyridine rings is 1. The maximum atomic E-state index is 12.2. The van der Waals surface area contributed by atoms with Gasteiger partial charge in [-0.15, -0.1) is 5.10 Å². The van der Waals surface area contributed by atoms with Crippen LogP contribution in [-0.2, 0) is 0 Å². The molecule has 0 saturated carbocycles. The zero-order valence-electron chi connectivity index (χ0n) is 14.7. The molecule has 0 unspecified atom stereocenters. The number of hydrogen-bond donors (Lipinski definition) is 3. The predicted molar refractivity (Wildman–Crippen MR) is 87.2 cm³/mol. The summed E-state index contributed by atoms with van der Waals surface area (Å²) in [6, 6.07) is 11.5. The molecule has 0 aliphatic rings. The normalized spacial score (nSPS) is 9.92. The Morgan fingerprint density at radius 3 is 2.58 bits per heavy atom. The standard InChI is InChI=1S/C15H15N7O.Na.H/c1-9-7-12(10-3-5-11(16-2)6-4-10)17-13(8-9)14(23)18-15-19-21-22-20-15;;/h3-8,16H,1-2H3,(H2,18,19,20,21,22,23);;/q;+1;-1. The molecular weight excluding hydrogens is 317 g/mol. The van der Waals surface area contributed by atoms with Crippen LogP contribution in [0.1, 0.15) is 17.5 Å². The average molecular weight is 333 g/mol. The number of hydrogen-bond acceptors (Lipinski definition) is 6. The molecule has 9 heteroatoms. The number of amides is 1. The molecule has 1 amide bonds. The molecule has 0 aliphatic heterocycles. The third kappa shape index (κ3) is 4.16. The molecule has 3 N–H and O–H groups in total. The molecule has 0 radical (unpaired) electrons. The third-order valence-electron chi connectivity index (χ3n) is 3.24.